The van der Waals surface area contributed by atoms with E-state index in [4.69, 9.17) is 47.7 Å². The molecule has 0 amide bonds. The molecular formula is C25H24BCl2N5O4S. The molecule has 2 aromatic carbocycles. The molecule has 3 heterocycles. The minimum atomic E-state index is -1.53. The lowest BCUT2D eigenvalue weighted by Gasteiger charge is -2.09. The molecule has 0 radical (unpaired) electrons. The van der Waals surface area contributed by atoms with Gasteiger partial charge in [-0.1, -0.05) is 29.3 Å². The number of anilines is 2. The third-order valence-electron chi connectivity index (χ3n) is 5.47. The van der Waals surface area contributed by atoms with Gasteiger partial charge in [-0.15, -0.1) is 11.3 Å². The number of methoxy groups -OCH3 is 2. The van der Waals surface area contributed by atoms with Crippen molar-refractivity contribution in [1.82, 2.24) is 19.7 Å². The second-order valence-electron chi connectivity index (χ2n) is 8.07. The highest BCUT2D eigenvalue weighted by molar-refractivity contribution is 7.19. The number of benzene rings is 2. The fourth-order valence-electron chi connectivity index (χ4n) is 3.77. The summed E-state index contributed by atoms with van der Waals surface area (Å²) in [7, 11) is 3.42. The number of hydrogen-bond donors (Lipinski definition) is 3. The van der Waals surface area contributed by atoms with E-state index in [9.17, 15) is 0 Å². The van der Waals surface area contributed by atoms with Gasteiger partial charge in [0.05, 0.1) is 42.5 Å². The fourth-order valence-corrected chi connectivity index (χ4v) is 5.08. The maximum absolute atomic E-state index is 8.86. The number of ether oxygens (including phenoxy) is 2. The van der Waals surface area contributed by atoms with E-state index in [0.29, 0.717) is 27.2 Å². The van der Waals surface area contributed by atoms with Crippen molar-refractivity contribution in [3.8, 4) is 22.6 Å². The van der Waals surface area contributed by atoms with Gasteiger partial charge in [0.25, 0.3) is 0 Å². The van der Waals surface area contributed by atoms with Gasteiger partial charge in [0.2, 0.25) is 5.95 Å². The molecule has 196 valence electrons. The molecule has 0 aliphatic rings. The number of thiophene rings is 1. The lowest BCUT2D eigenvalue weighted by atomic mass is 9.79. The molecule has 3 aromatic heterocycles. The maximum atomic E-state index is 8.86. The van der Waals surface area contributed by atoms with E-state index < -0.39 is 7.12 Å². The summed E-state index contributed by atoms with van der Waals surface area (Å²) >= 11 is 13.4. The van der Waals surface area contributed by atoms with E-state index >= 15 is 0 Å². The molecule has 0 aliphatic carbocycles. The van der Waals surface area contributed by atoms with E-state index in [-0.39, 0.29) is 0 Å². The van der Waals surface area contributed by atoms with Crippen molar-refractivity contribution in [3.05, 3.63) is 69.9 Å². The van der Waals surface area contributed by atoms with Crippen LogP contribution >= 0.6 is 34.5 Å². The van der Waals surface area contributed by atoms with Gasteiger partial charge in [-0.25, -0.2) is 9.97 Å². The molecule has 3 N–H and O–H groups in total. The largest absolute Gasteiger partial charge is 0.497 e. The maximum Gasteiger partial charge on any atom is 0.492 e. The van der Waals surface area contributed by atoms with Crippen molar-refractivity contribution in [2.75, 3.05) is 19.5 Å². The lowest BCUT2D eigenvalue weighted by Crippen LogP contribution is -2.30. The molecule has 38 heavy (non-hydrogen) atoms. The first kappa shape index (κ1) is 27.7. The standard InChI is InChI=1S/C18H16ClN5OS.C7H8BClO3/c1-10-16(13-5-4-11(19)6-14(13)25-3)17-15(26-10)8-20-18(23-17)22-12-7-21-24(2)9-12;1-12-7-4-5(9)2-3-6(7)8(10)11/h4-9H,1-3H3,(H,20,22,23);2-4,10-11H,1H3. The zero-order valence-electron chi connectivity index (χ0n) is 20.9. The van der Waals surface area contributed by atoms with Crippen molar-refractivity contribution < 1.29 is 19.5 Å². The Kier molecular flexibility index (Phi) is 8.75. The summed E-state index contributed by atoms with van der Waals surface area (Å²) in [6, 6.07) is 10.2. The molecule has 5 rings (SSSR count). The van der Waals surface area contributed by atoms with Gasteiger partial charge in [0.1, 0.15) is 11.5 Å². The molecule has 0 atom stereocenters. The Labute approximate surface area is 233 Å². The zero-order chi connectivity index (χ0) is 27.4. The van der Waals surface area contributed by atoms with E-state index in [1.165, 1.54) is 19.2 Å². The highest BCUT2D eigenvalue weighted by Crippen LogP contribution is 2.42. The molecule has 9 nitrogen and oxygen atoms in total. The Hall–Kier alpha value is -3.35. The van der Waals surface area contributed by atoms with Crippen LogP contribution in [-0.4, -0.2) is 51.1 Å². The lowest BCUT2D eigenvalue weighted by molar-refractivity contribution is 0.403. The Morgan fingerprint density at radius 1 is 1.00 bits per heavy atom. The molecule has 0 saturated heterocycles. The van der Waals surface area contributed by atoms with E-state index in [1.54, 1.807) is 35.4 Å². The molecule has 13 heteroatoms. The Morgan fingerprint density at radius 3 is 2.32 bits per heavy atom. The number of rotatable bonds is 6. The van der Waals surface area contributed by atoms with Crippen molar-refractivity contribution in [3.63, 3.8) is 0 Å². The van der Waals surface area contributed by atoms with Crippen LogP contribution in [0.25, 0.3) is 21.3 Å². The fraction of sp³-hybridized carbons (Fsp3) is 0.160. The van der Waals surface area contributed by atoms with E-state index in [2.05, 4.69) is 22.3 Å². The third kappa shape index (κ3) is 6.20. The average Bonchev–Trinajstić information content (AvgIpc) is 3.45. The van der Waals surface area contributed by atoms with Gasteiger partial charge in [0.15, 0.2) is 0 Å². The summed E-state index contributed by atoms with van der Waals surface area (Å²) < 4.78 is 13.2. The summed E-state index contributed by atoms with van der Waals surface area (Å²) in [4.78, 5) is 10.3. The van der Waals surface area contributed by atoms with Crippen LogP contribution in [0.15, 0.2) is 55.0 Å². The monoisotopic (exact) mass is 571 g/mol. The van der Waals surface area contributed by atoms with Crippen LogP contribution in [0.3, 0.4) is 0 Å². The summed E-state index contributed by atoms with van der Waals surface area (Å²) in [5.41, 5.74) is 4.03. The quantitative estimate of drug-likeness (QED) is 0.248. The number of fused-ring (bicyclic) bond motifs is 1. The van der Waals surface area contributed by atoms with Crippen LogP contribution in [0.1, 0.15) is 4.88 Å². The van der Waals surface area contributed by atoms with Gasteiger partial charge < -0.3 is 24.8 Å². The highest BCUT2D eigenvalue weighted by Gasteiger charge is 2.18. The third-order valence-corrected chi connectivity index (χ3v) is 6.97. The number of nitrogens with one attached hydrogen (secondary N) is 1. The van der Waals surface area contributed by atoms with Gasteiger partial charge >= 0.3 is 7.12 Å². The zero-order valence-corrected chi connectivity index (χ0v) is 23.3. The number of halogens is 2. The SMILES string of the molecule is COc1cc(Cl)ccc1-c1c(C)sc2cnc(Nc3cnn(C)c3)nc12.COc1cc(Cl)ccc1B(O)O. The summed E-state index contributed by atoms with van der Waals surface area (Å²) in [5.74, 6) is 1.62. The normalized spacial score (nSPS) is 10.6. The Bertz CT molecular complexity index is 1580. The first-order chi connectivity index (χ1) is 18.2. The van der Waals surface area contributed by atoms with E-state index in [1.807, 2.05) is 37.6 Å². The molecule has 0 aliphatic heterocycles. The molecule has 5 aromatic rings. The smallest absolute Gasteiger partial charge is 0.492 e. The average molecular weight is 572 g/mol. The van der Waals surface area contributed by atoms with Crippen LogP contribution < -0.4 is 20.3 Å². The van der Waals surface area contributed by atoms with Crippen LogP contribution in [0.4, 0.5) is 11.6 Å². The first-order valence-corrected chi connectivity index (χ1v) is 12.8. The second kappa shape index (κ2) is 12.0. The number of nitrogens with zero attached hydrogens (tertiary/aromatic N) is 4. The van der Waals surface area contributed by atoms with Crippen molar-refractivity contribution in [1.29, 1.82) is 0 Å². The summed E-state index contributed by atoms with van der Waals surface area (Å²) in [6.45, 7) is 2.07. The minimum Gasteiger partial charge on any atom is -0.497 e. The van der Waals surface area contributed by atoms with Crippen molar-refractivity contribution in [2.24, 2.45) is 7.05 Å². The van der Waals surface area contributed by atoms with Gasteiger partial charge in [-0.2, -0.15) is 5.10 Å². The predicted molar refractivity (Wildman–Crippen MR) is 153 cm³/mol. The van der Waals surface area contributed by atoms with Gasteiger partial charge in [0, 0.05) is 44.8 Å². The highest BCUT2D eigenvalue weighted by atomic mass is 35.5. The van der Waals surface area contributed by atoms with Crippen molar-refractivity contribution >= 4 is 69.0 Å². The molecule has 0 unspecified atom stereocenters. The van der Waals surface area contributed by atoms with Crippen molar-refractivity contribution in [2.45, 2.75) is 6.92 Å². The molecule has 0 fully saturated rings. The van der Waals surface area contributed by atoms with Crippen LogP contribution in [0.2, 0.25) is 10.0 Å². The van der Waals surface area contributed by atoms with Gasteiger partial charge in [-0.05, 0) is 37.3 Å². The van der Waals surface area contributed by atoms with Gasteiger partial charge in [-0.3, -0.25) is 4.68 Å². The number of aromatic nitrogens is 4. The molecular weight excluding hydrogens is 548 g/mol. The first-order valence-electron chi connectivity index (χ1n) is 11.3. The van der Waals surface area contributed by atoms with E-state index in [0.717, 1.165) is 37.7 Å². The minimum absolute atomic E-state index is 0.307. The van der Waals surface area contributed by atoms with Crippen LogP contribution in [0.5, 0.6) is 11.5 Å². The van der Waals surface area contributed by atoms with Crippen LogP contribution in [0, 0.1) is 6.92 Å². The van der Waals surface area contributed by atoms with Crippen LogP contribution in [-0.2, 0) is 7.05 Å². The Morgan fingerprint density at radius 2 is 1.68 bits per heavy atom. The second-order valence-corrected chi connectivity index (χ2v) is 10.2. The Balaban J connectivity index is 0.000000236. The molecule has 0 bridgehead atoms. The predicted octanol–water partition coefficient (Wildman–Crippen LogP) is 4.83. The molecule has 0 saturated carbocycles. The topological polar surface area (TPSA) is 115 Å². The number of aryl methyl sites for hydroxylation is 2. The molecule has 0 spiro atoms. The number of hydrogen-bond acceptors (Lipinski definition) is 9. The summed E-state index contributed by atoms with van der Waals surface area (Å²) in [5, 5.41) is 26.2. The summed E-state index contributed by atoms with van der Waals surface area (Å²) in [6.07, 6.45) is 5.44.